The van der Waals surface area contributed by atoms with E-state index in [1.165, 1.54) is 4.90 Å². The van der Waals surface area contributed by atoms with Crippen LogP contribution in [0.3, 0.4) is 0 Å². The summed E-state index contributed by atoms with van der Waals surface area (Å²) in [5.41, 5.74) is -1.85. The SMILES string of the molecule is CN(CC(C)(C)O)C(=O)CC1(C(=O)O)CCCC1. The molecule has 0 radical (unpaired) electrons. The van der Waals surface area contributed by atoms with Crippen molar-refractivity contribution in [1.82, 2.24) is 4.90 Å². The van der Waals surface area contributed by atoms with E-state index in [2.05, 4.69) is 0 Å². The van der Waals surface area contributed by atoms with Crippen molar-refractivity contribution >= 4 is 11.9 Å². The molecule has 0 aromatic carbocycles. The van der Waals surface area contributed by atoms with E-state index in [4.69, 9.17) is 0 Å². The van der Waals surface area contributed by atoms with Gasteiger partial charge >= 0.3 is 5.97 Å². The zero-order valence-electron chi connectivity index (χ0n) is 11.4. The number of carboxylic acids is 1. The molecule has 1 amide bonds. The minimum absolute atomic E-state index is 0.0366. The lowest BCUT2D eigenvalue weighted by molar-refractivity contribution is -0.153. The molecule has 0 aliphatic heterocycles. The first kappa shape index (κ1) is 15.0. The van der Waals surface area contributed by atoms with Gasteiger partial charge in [-0.05, 0) is 26.7 Å². The summed E-state index contributed by atoms with van der Waals surface area (Å²) >= 11 is 0. The Hall–Kier alpha value is -1.10. The first-order chi connectivity index (χ1) is 8.16. The molecule has 0 unspecified atom stereocenters. The number of hydrogen-bond acceptors (Lipinski definition) is 3. The molecule has 1 fully saturated rings. The Labute approximate surface area is 108 Å². The quantitative estimate of drug-likeness (QED) is 0.777. The standard InChI is InChI=1S/C13H23NO4/c1-12(2,18)9-14(3)10(15)8-13(11(16)17)6-4-5-7-13/h18H,4-9H2,1-3H3,(H,16,17). The van der Waals surface area contributed by atoms with Crippen LogP contribution < -0.4 is 0 Å². The monoisotopic (exact) mass is 257 g/mol. The fraction of sp³-hybridized carbons (Fsp3) is 0.846. The van der Waals surface area contributed by atoms with Crippen molar-refractivity contribution in [2.24, 2.45) is 5.41 Å². The van der Waals surface area contributed by atoms with Crippen molar-refractivity contribution in [3.05, 3.63) is 0 Å². The van der Waals surface area contributed by atoms with E-state index >= 15 is 0 Å². The van der Waals surface area contributed by atoms with Crippen LogP contribution in [-0.4, -0.2) is 46.2 Å². The molecule has 5 heteroatoms. The van der Waals surface area contributed by atoms with Crippen LogP contribution in [0.5, 0.6) is 0 Å². The molecule has 2 N–H and O–H groups in total. The van der Waals surface area contributed by atoms with Crippen molar-refractivity contribution in [3.8, 4) is 0 Å². The second-order valence-electron chi connectivity index (χ2n) is 6.03. The van der Waals surface area contributed by atoms with Crippen LogP contribution in [0.2, 0.25) is 0 Å². The highest BCUT2D eigenvalue weighted by molar-refractivity contribution is 5.85. The molecule has 0 bridgehead atoms. The second kappa shape index (κ2) is 5.26. The van der Waals surface area contributed by atoms with E-state index in [9.17, 15) is 19.8 Å². The number of aliphatic hydroxyl groups is 1. The lowest BCUT2D eigenvalue weighted by atomic mass is 9.82. The summed E-state index contributed by atoms with van der Waals surface area (Å²) in [6.45, 7) is 3.46. The maximum Gasteiger partial charge on any atom is 0.310 e. The molecular formula is C13H23NO4. The molecule has 18 heavy (non-hydrogen) atoms. The lowest BCUT2D eigenvalue weighted by Crippen LogP contribution is -2.42. The third-order valence-electron chi connectivity index (χ3n) is 3.55. The predicted octanol–water partition coefficient (Wildman–Crippen LogP) is 1.25. The van der Waals surface area contributed by atoms with Crippen molar-refractivity contribution in [2.45, 2.75) is 51.6 Å². The number of carbonyl (C=O) groups excluding carboxylic acids is 1. The van der Waals surface area contributed by atoms with Gasteiger partial charge in [0.05, 0.1) is 11.0 Å². The zero-order chi connectivity index (χ0) is 14.0. The van der Waals surface area contributed by atoms with E-state index in [-0.39, 0.29) is 18.9 Å². The van der Waals surface area contributed by atoms with Crippen LogP contribution in [0, 0.1) is 5.41 Å². The van der Waals surface area contributed by atoms with Gasteiger partial charge in [-0.2, -0.15) is 0 Å². The Morgan fingerprint density at radius 1 is 1.28 bits per heavy atom. The fourth-order valence-corrected chi connectivity index (χ4v) is 2.61. The van der Waals surface area contributed by atoms with Crippen LogP contribution in [-0.2, 0) is 9.59 Å². The van der Waals surface area contributed by atoms with Crippen molar-refractivity contribution < 1.29 is 19.8 Å². The molecular weight excluding hydrogens is 234 g/mol. The Balaban J connectivity index is 2.65. The van der Waals surface area contributed by atoms with Crippen LogP contribution in [0.4, 0.5) is 0 Å². The molecule has 104 valence electrons. The normalized spacial score (nSPS) is 18.7. The van der Waals surface area contributed by atoms with E-state index in [1.807, 2.05) is 0 Å². The van der Waals surface area contributed by atoms with Gasteiger partial charge in [-0.25, -0.2) is 0 Å². The molecule has 5 nitrogen and oxygen atoms in total. The smallest absolute Gasteiger partial charge is 0.310 e. The van der Waals surface area contributed by atoms with Gasteiger partial charge in [0.15, 0.2) is 0 Å². The molecule has 0 aromatic heterocycles. The highest BCUT2D eigenvalue weighted by Crippen LogP contribution is 2.41. The molecule has 0 saturated heterocycles. The van der Waals surface area contributed by atoms with E-state index in [0.29, 0.717) is 12.8 Å². The fourth-order valence-electron chi connectivity index (χ4n) is 2.61. The van der Waals surface area contributed by atoms with Gasteiger partial charge in [0.2, 0.25) is 5.91 Å². The molecule has 1 saturated carbocycles. The van der Waals surface area contributed by atoms with E-state index in [0.717, 1.165) is 12.8 Å². The summed E-state index contributed by atoms with van der Waals surface area (Å²) in [5, 5.41) is 19.0. The van der Waals surface area contributed by atoms with Gasteiger partial charge in [-0.1, -0.05) is 12.8 Å². The number of nitrogens with zero attached hydrogens (tertiary/aromatic N) is 1. The van der Waals surface area contributed by atoms with Crippen LogP contribution in [0.15, 0.2) is 0 Å². The number of carboxylic acid groups (broad SMARTS) is 1. The Morgan fingerprint density at radius 2 is 1.78 bits per heavy atom. The van der Waals surface area contributed by atoms with Crippen LogP contribution in [0.1, 0.15) is 46.0 Å². The Morgan fingerprint density at radius 3 is 2.17 bits per heavy atom. The third kappa shape index (κ3) is 3.70. The molecule has 0 heterocycles. The van der Waals surface area contributed by atoms with Gasteiger partial charge in [0, 0.05) is 20.0 Å². The minimum atomic E-state index is -0.962. The summed E-state index contributed by atoms with van der Waals surface area (Å²) in [4.78, 5) is 24.8. The molecule has 0 atom stereocenters. The number of carbonyl (C=O) groups is 2. The molecule has 1 aliphatic carbocycles. The number of amides is 1. The molecule has 1 aliphatic rings. The Bertz CT molecular complexity index is 326. The van der Waals surface area contributed by atoms with Gasteiger partial charge in [0.25, 0.3) is 0 Å². The second-order valence-corrected chi connectivity index (χ2v) is 6.03. The van der Waals surface area contributed by atoms with Gasteiger partial charge < -0.3 is 15.1 Å². The highest BCUT2D eigenvalue weighted by Gasteiger charge is 2.43. The van der Waals surface area contributed by atoms with Crippen molar-refractivity contribution in [3.63, 3.8) is 0 Å². The third-order valence-corrected chi connectivity index (χ3v) is 3.55. The summed E-state index contributed by atoms with van der Waals surface area (Å²) in [6.07, 6.45) is 2.92. The van der Waals surface area contributed by atoms with E-state index < -0.39 is 17.0 Å². The van der Waals surface area contributed by atoms with Gasteiger partial charge in [0.1, 0.15) is 0 Å². The number of rotatable bonds is 5. The highest BCUT2D eigenvalue weighted by atomic mass is 16.4. The maximum atomic E-state index is 12.0. The average Bonchev–Trinajstić information content (AvgIpc) is 2.64. The summed E-state index contributed by atoms with van der Waals surface area (Å²) < 4.78 is 0. The molecule has 0 spiro atoms. The zero-order valence-corrected chi connectivity index (χ0v) is 11.4. The minimum Gasteiger partial charge on any atom is -0.481 e. The molecule has 1 rings (SSSR count). The predicted molar refractivity (Wildman–Crippen MR) is 67.1 cm³/mol. The summed E-state index contributed by atoms with van der Waals surface area (Å²) in [5.74, 6) is -1.08. The van der Waals surface area contributed by atoms with Crippen molar-refractivity contribution in [2.75, 3.05) is 13.6 Å². The summed E-state index contributed by atoms with van der Waals surface area (Å²) in [6, 6.07) is 0. The lowest BCUT2D eigenvalue weighted by Gasteiger charge is -2.29. The first-order valence-electron chi connectivity index (χ1n) is 6.36. The number of aliphatic carboxylic acids is 1. The van der Waals surface area contributed by atoms with E-state index in [1.54, 1.807) is 20.9 Å². The van der Waals surface area contributed by atoms with Gasteiger partial charge in [-0.15, -0.1) is 0 Å². The maximum absolute atomic E-state index is 12.0. The average molecular weight is 257 g/mol. The molecule has 0 aromatic rings. The first-order valence-corrected chi connectivity index (χ1v) is 6.36. The summed E-state index contributed by atoms with van der Waals surface area (Å²) in [7, 11) is 1.60. The van der Waals surface area contributed by atoms with Crippen molar-refractivity contribution in [1.29, 1.82) is 0 Å². The number of hydrogen-bond donors (Lipinski definition) is 2. The number of likely N-dealkylation sites (N-methyl/N-ethyl adjacent to an activating group) is 1. The van der Waals surface area contributed by atoms with Gasteiger partial charge in [-0.3, -0.25) is 9.59 Å². The van der Waals surface area contributed by atoms with Crippen LogP contribution in [0.25, 0.3) is 0 Å². The largest absolute Gasteiger partial charge is 0.481 e. The Kier molecular flexibility index (Phi) is 4.37. The van der Waals surface area contributed by atoms with Crippen LogP contribution >= 0.6 is 0 Å². The topological polar surface area (TPSA) is 77.8 Å².